The van der Waals surface area contributed by atoms with Gasteiger partial charge < -0.3 is 15.0 Å². The van der Waals surface area contributed by atoms with E-state index in [4.69, 9.17) is 4.74 Å². The lowest BCUT2D eigenvalue weighted by Gasteiger charge is -2.31. The van der Waals surface area contributed by atoms with Gasteiger partial charge in [0.15, 0.2) is 5.82 Å². The first-order chi connectivity index (χ1) is 14.1. The van der Waals surface area contributed by atoms with Gasteiger partial charge in [0, 0.05) is 36.3 Å². The second-order valence-electron chi connectivity index (χ2n) is 6.97. The molecule has 0 spiro atoms. The Bertz CT molecular complexity index is 981. The Kier molecular flexibility index (Phi) is 5.41. The number of likely N-dealkylation sites (tertiary alicyclic amines) is 1. The standard InChI is InChI=1S/C21H22FN5O2/c1-29-18-4-2-3-17(13-18)23-21(28)27-11-9-15(10-12-27)20-24-19(25-26-20)14-5-7-16(22)8-6-14/h2-8,13,15H,9-12H2,1H3,(H,23,28)(H,24,25,26). The number of halogens is 1. The minimum atomic E-state index is -0.288. The summed E-state index contributed by atoms with van der Waals surface area (Å²) in [6, 6.07) is 13.3. The normalized spacial score (nSPS) is 14.6. The van der Waals surface area contributed by atoms with E-state index in [0.29, 0.717) is 30.4 Å². The van der Waals surface area contributed by atoms with Gasteiger partial charge >= 0.3 is 6.03 Å². The number of nitrogens with one attached hydrogen (secondary N) is 2. The largest absolute Gasteiger partial charge is 0.497 e. The fraction of sp³-hybridized carbons (Fsp3) is 0.286. The van der Waals surface area contributed by atoms with Crippen molar-refractivity contribution < 1.29 is 13.9 Å². The van der Waals surface area contributed by atoms with Gasteiger partial charge in [-0.2, -0.15) is 5.10 Å². The van der Waals surface area contributed by atoms with Crippen LogP contribution in [-0.2, 0) is 0 Å². The van der Waals surface area contributed by atoms with Crippen LogP contribution < -0.4 is 10.1 Å². The molecule has 2 N–H and O–H groups in total. The molecule has 0 bridgehead atoms. The molecule has 4 rings (SSSR count). The molecule has 0 atom stereocenters. The molecule has 1 aromatic heterocycles. The van der Waals surface area contributed by atoms with Gasteiger partial charge in [-0.05, 0) is 49.2 Å². The van der Waals surface area contributed by atoms with E-state index in [1.54, 1.807) is 30.2 Å². The molecule has 2 aromatic carbocycles. The van der Waals surface area contributed by atoms with E-state index < -0.39 is 0 Å². The third-order valence-electron chi connectivity index (χ3n) is 5.10. The fourth-order valence-corrected chi connectivity index (χ4v) is 3.44. The number of carbonyl (C=O) groups is 1. The minimum absolute atomic E-state index is 0.124. The van der Waals surface area contributed by atoms with Crippen molar-refractivity contribution in [3.05, 3.63) is 60.2 Å². The van der Waals surface area contributed by atoms with Crippen molar-refractivity contribution in [2.45, 2.75) is 18.8 Å². The van der Waals surface area contributed by atoms with Gasteiger partial charge in [-0.3, -0.25) is 5.10 Å². The van der Waals surface area contributed by atoms with Crippen LogP contribution in [0.2, 0.25) is 0 Å². The summed E-state index contributed by atoms with van der Waals surface area (Å²) in [4.78, 5) is 18.9. The van der Waals surface area contributed by atoms with Crippen LogP contribution in [0.3, 0.4) is 0 Å². The van der Waals surface area contributed by atoms with Gasteiger partial charge in [-0.25, -0.2) is 14.2 Å². The molecule has 29 heavy (non-hydrogen) atoms. The third-order valence-corrected chi connectivity index (χ3v) is 5.10. The van der Waals surface area contributed by atoms with Crippen LogP contribution in [0, 0.1) is 5.82 Å². The zero-order chi connectivity index (χ0) is 20.2. The third kappa shape index (κ3) is 4.37. The van der Waals surface area contributed by atoms with Crippen LogP contribution in [-0.4, -0.2) is 46.3 Å². The van der Waals surface area contributed by atoms with Crippen molar-refractivity contribution in [1.29, 1.82) is 0 Å². The van der Waals surface area contributed by atoms with E-state index in [0.717, 1.165) is 24.2 Å². The van der Waals surface area contributed by atoms with Gasteiger partial charge in [-0.1, -0.05) is 6.07 Å². The van der Waals surface area contributed by atoms with Gasteiger partial charge in [-0.15, -0.1) is 0 Å². The zero-order valence-corrected chi connectivity index (χ0v) is 16.1. The number of nitrogens with zero attached hydrogens (tertiary/aromatic N) is 3. The summed E-state index contributed by atoms with van der Waals surface area (Å²) < 4.78 is 18.3. The Morgan fingerprint density at radius 1 is 1.21 bits per heavy atom. The van der Waals surface area contributed by atoms with Crippen molar-refractivity contribution in [1.82, 2.24) is 20.1 Å². The highest BCUT2D eigenvalue weighted by molar-refractivity contribution is 5.89. The molecule has 8 heteroatoms. The number of H-pyrrole nitrogens is 1. The highest BCUT2D eigenvalue weighted by atomic mass is 19.1. The summed E-state index contributed by atoms with van der Waals surface area (Å²) in [6.07, 6.45) is 1.59. The van der Waals surface area contributed by atoms with Crippen LogP contribution in [0.1, 0.15) is 24.6 Å². The summed E-state index contributed by atoms with van der Waals surface area (Å²) >= 11 is 0. The quantitative estimate of drug-likeness (QED) is 0.699. The maximum absolute atomic E-state index is 13.1. The van der Waals surface area contributed by atoms with E-state index in [2.05, 4.69) is 20.5 Å². The first-order valence-electron chi connectivity index (χ1n) is 9.50. The van der Waals surface area contributed by atoms with Crippen LogP contribution in [0.5, 0.6) is 5.75 Å². The number of carbonyl (C=O) groups excluding carboxylic acids is 1. The second kappa shape index (κ2) is 8.30. The number of urea groups is 1. The van der Waals surface area contributed by atoms with Crippen molar-refractivity contribution >= 4 is 11.7 Å². The molecular weight excluding hydrogens is 373 g/mol. The molecule has 2 amide bonds. The highest BCUT2D eigenvalue weighted by Crippen LogP contribution is 2.27. The molecule has 1 fully saturated rings. The number of amides is 2. The number of aromatic amines is 1. The number of ether oxygens (including phenoxy) is 1. The lowest BCUT2D eigenvalue weighted by Crippen LogP contribution is -2.40. The molecule has 1 aliphatic rings. The fourth-order valence-electron chi connectivity index (χ4n) is 3.44. The zero-order valence-electron chi connectivity index (χ0n) is 16.1. The van der Waals surface area contributed by atoms with E-state index in [-0.39, 0.29) is 17.8 Å². The van der Waals surface area contributed by atoms with Gasteiger partial charge in [0.1, 0.15) is 17.4 Å². The number of hydrogen-bond donors (Lipinski definition) is 2. The van der Waals surface area contributed by atoms with Crippen molar-refractivity contribution in [3.63, 3.8) is 0 Å². The van der Waals surface area contributed by atoms with Gasteiger partial charge in [0.2, 0.25) is 0 Å². The molecule has 150 valence electrons. The first kappa shape index (κ1) is 18.9. The van der Waals surface area contributed by atoms with E-state index in [1.807, 2.05) is 18.2 Å². The van der Waals surface area contributed by atoms with Crippen LogP contribution in [0.4, 0.5) is 14.9 Å². The topological polar surface area (TPSA) is 83.1 Å². The minimum Gasteiger partial charge on any atom is -0.497 e. The Labute approximate surface area is 167 Å². The number of piperidine rings is 1. The van der Waals surface area contributed by atoms with Crippen LogP contribution in [0.15, 0.2) is 48.5 Å². The van der Waals surface area contributed by atoms with E-state index >= 15 is 0 Å². The predicted molar refractivity (Wildman–Crippen MR) is 107 cm³/mol. The lowest BCUT2D eigenvalue weighted by atomic mass is 9.96. The first-order valence-corrected chi connectivity index (χ1v) is 9.50. The van der Waals surface area contributed by atoms with Gasteiger partial charge in [0.05, 0.1) is 7.11 Å². The van der Waals surface area contributed by atoms with Crippen molar-refractivity contribution in [2.75, 3.05) is 25.5 Å². The maximum atomic E-state index is 13.1. The second-order valence-corrected chi connectivity index (χ2v) is 6.97. The molecule has 1 saturated heterocycles. The maximum Gasteiger partial charge on any atom is 0.321 e. The Hall–Kier alpha value is -3.42. The predicted octanol–water partition coefficient (Wildman–Crippen LogP) is 4.03. The molecule has 1 aliphatic heterocycles. The molecule has 0 saturated carbocycles. The number of hydrogen-bond acceptors (Lipinski definition) is 4. The molecular formula is C21H22FN5O2. The number of anilines is 1. The van der Waals surface area contributed by atoms with Gasteiger partial charge in [0.25, 0.3) is 0 Å². The SMILES string of the molecule is COc1cccc(NC(=O)N2CCC(c3nc(-c4ccc(F)cc4)n[nH]3)CC2)c1. The van der Waals surface area contributed by atoms with E-state index in [9.17, 15) is 9.18 Å². The molecule has 0 radical (unpaired) electrons. The molecule has 2 heterocycles. The lowest BCUT2D eigenvalue weighted by molar-refractivity contribution is 0.193. The van der Waals surface area contributed by atoms with Crippen molar-refractivity contribution in [2.24, 2.45) is 0 Å². The number of aromatic nitrogens is 3. The number of rotatable bonds is 4. The molecule has 0 aliphatic carbocycles. The summed E-state index contributed by atoms with van der Waals surface area (Å²) in [5.41, 5.74) is 1.47. The Morgan fingerprint density at radius 3 is 2.69 bits per heavy atom. The molecule has 7 nitrogen and oxygen atoms in total. The number of methoxy groups -OCH3 is 1. The number of benzene rings is 2. The Morgan fingerprint density at radius 2 is 1.97 bits per heavy atom. The average Bonchev–Trinajstić information content (AvgIpc) is 3.25. The molecule has 0 unspecified atom stereocenters. The monoisotopic (exact) mass is 395 g/mol. The summed E-state index contributed by atoms with van der Waals surface area (Å²) in [7, 11) is 1.59. The summed E-state index contributed by atoms with van der Waals surface area (Å²) in [5.74, 6) is 1.97. The Balaban J connectivity index is 1.34. The van der Waals surface area contributed by atoms with E-state index in [1.165, 1.54) is 12.1 Å². The smallest absolute Gasteiger partial charge is 0.321 e. The highest BCUT2D eigenvalue weighted by Gasteiger charge is 2.26. The van der Waals surface area contributed by atoms with Crippen molar-refractivity contribution in [3.8, 4) is 17.1 Å². The summed E-state index contributed by atoms with van der Waals surface area (Å²) in [5, 5.41) is 10.2. The van der Waals surface area contributed by atoms with Crippen LogP contribution in [0.25, 0.3) is 11.4 Å². The van der Waals surface area contributed by atoms with Crippen LogP contribution >= 0.6 is 0 Å². The molecule has 3 aromatic rings. The average molecular weight is 395 g/mol. The summed E-state index contributed by atoms with van der Waals surface area (Å²) in [6.45, 7) is 1.26.